The molecule has 2 aliphatic rings. The summed E-state index contributed by atoms with van der Waals surface area (Å²) in [5.41, 5.74) is -0.416. The molecule has 6 nitrogen and oxygen atoms in total. The molecule has 2 amide bonds. The number of carbonyl (C=O) groups excluding carboxylic acids is 2. The van der Waals surface area contributed by atoms with E-state index in [0.29, 0.717) is 13.0 Å². The van der Waals surface area contributed by atoms with Gasteiger partial charge in [0.25, 0.3) is 0 Å². The van der Waals surface area contributed by atoms with E-state index in [1.807, 2.05) is 23.6 Å². The topological polar surface area (TPSA) is 66.4 Å². The average Bonchev–Trinajstić information content (AvgIpc) is 2.98. The van der Waals surface area contributed by atoms with Crippen molar-refractivity contribution in [2.24, 2.45) is 5.41 Å². The number of aromatic nitrogens is 2. The largest absolute Gasteiger partial charge is 0.339 e. The van der Waals surface area contributed by atoms with Crippen molar-refractivity contribution < 1.29 is 9.59 Å². The first-order valence-electron chi connectivity index (χ1n) is 8.86. The normalized spacial score (nSPS) is 27.8. The standard InChI is InChI=1S/C17H26N4O2S/c1-4-15(22)21-10-6-8-17(12(21)2)7-5-9-20(16(17)23)11-14-19-18-13(3)24-14/h12H,4-11H2,1-3H3/t12-,17+/m1/s1. The van der Waals surface area contributed by atoms with Crippen LogP contribution in [-0.2, 0) is 16.1 Å². The number of piperidine rings is 2. The fourth-order valence-corrected chi connectivity index (χ4v) is 4.98. The number of carbonyl (C=O) groups is 2. The number of nitrogens with zero attached hydrogens (tertiary/aromatic N) is 4. The van der Waals surface area contributed by atoms with E-state index >= 15 is 0 Å². The number of hydrogen-bond donors (Lipinski definition) is 0. The third-order valence-corrected chi connectivity index (χ3v) is 6.39. The van der Waals surface area contributed by atoms with E-state index in [2.05, 4.69) is 17.1 Å². The first kappa shape index (κ1) is 17.3. The lowest BCUT2D eigenvalue weighted by molar-refractivity contribution is -0.160. The van der Waals surface area contributed by atoms with Gasteiger partial charge in [0, 0.05) is 25.6 Å². The summed E-state index contributed by atoms with van der Waals surface area (Å²) < 4.78 is 0. The third kappa shape index (κ3) is 2.94. The van der Waals surface area contributed by atoms with Crippen LogP contribution in [0.25, 0.3) is 0 Å². The Bertz CT molecular complexity index is 628. The van der Waals surface area contributed by atoms with Crippen molar-refractivity contribution in [1.29, 1.82) is 0 Å². The van der Waals surface area contributed by atoms with E-state index < -0.39 is 5.41 Å². The molecule has 1 aromatic rings. The zero-order valence-electron chi connectivity index (χ0n) is 14.7. The van der Waals surface area contributed by atoms with Crippen molar-refractivity contribution in [3.8, 4) is 0 Å². The van der Waals surface area contributed by atoms with E-state index in [4.69, 9.17) is 0 Å². The fourth-order valence-electron chi connectivity index (χ4n) is 4.25. The van der Waals surface area contributed by atoms with Gasteiger partial charge in [-0.05, 0) is 39.5 Å². The molecule has 0 aliphatic carbocycles. The minimum Gasteiger partial charge on any atom is -0.339 e. The van der Waals surface area contributed by atoms with E-state index in [0.717, 1.165) is 48.8 Å². The minimum absolute atomic E-state index is 0.0230. The van der Waals surface area contributed by atoms with E-state index in [1.54, 1.807) is 11.3 Å². The molecule has 2 fully saturated rings. The SMILES string of the molecule is CCC(=O)N1CCC[C@@]2(CCCN(Cc3nnc(C)s3)C2=O)[C@H]1C. The second-order valence-electron chi connectivity index (χ2n) is 6.92. The molecule has 2 aliphatic heterocycles. The Labute approximate surface area is 147 Å². The summed E-state index contributed by atoms with van der Waals surface area (Å²) in [6, 6.07) is -0.0230. The van der Waals surface area contributed by atoms with Crippen LogP contribution in [-0.4, -0.2) is 50.9 Å². The predicted octanol–water partition coefficient (Wildman–Crippen LogP) is 2.38. The maximum atomic E-state index is 13.3. The monoisotopic (exact) mass is 350 g/mol. The zero-order chi connectivity index (χ0) is 17.3. The van der Waals surface area contributed by atoms with Crippen LogP contribution in [0.3, 0.4) is 0 Å². The van der Waals surface area contributed by atoms with Crippen LogP contribution < -0.4 is 0 Å². The summed E-state index contributed by atoms with van der Waals surface area (Å²) >= 11 is 1.55. The van der Waals surface area contributed by atoms with Gasteiger partial charge in [0.15, 0.2) is 0 Å². The number of amides is 2. The van der Waals surface area contributed by atoms with Crippen molar-refractivity contribution in [3.63, 3.8) is 0 Å². The Morgan fingerprint density at radius 2 is 2.00 bits per heavy atom. The van der Waals surface area contributed by atoms with E-state index in [1.165, 1.54) is 0 Å². The Morgan fingerprint density at radius 3 is 2.62 bits per heavy atom. The summed E-state index contributed by atoms with van der Waals surface area (Å²) in [5.74, 6) is 0.356. The van der Waals surface area contributed by atoms with Gasteiger partial charge in [-0.2, -0.15) is 0 Å². The quantitative estimate of drug-likeness (QED) is 0.839. The second-order valence-corrected chi connectivity index (χ2v) is 8.19. The van der Waals surface area contributed by atoms with Gasteiger partial charge in [0.05, 0.1) is 12.0 Å². The summed E-state index contributed by atoms with van der Waals surface area (Å²) in [7, 11) is 0. The molecule has 0 bridgehead atoms. The molecule has 1 spiro atoms. The molecule has 0 radical (unpaired) electrons. The van der Waals surface area contributed by atoms with Gasteiger partial charge >= 0.3 is 0 Å². The molecular weight excluding hydrogens is 324 g/mol. The number of hydrogen-bond acceptors (Lipinski definition) is 5. The van der Waals surface area contributed by atoms with E-state index in [9.17, 15) is 9.59 Å². The van der Waals surface area contributed by atoms with Gasteiger partial charge in [-0.3, -0.25) is 9.59 Å². The summed E-state index contributed by atoms with van der Waals surface area (Å²) in [4.78, 5) is 29.5. The molecule has 2 saturated heterocycles. The number of aryl methyl sites for hydroxylation is 1. The highest BCUT2D eigenvalue weighted by molar-refractivity contribution is 7.11. The molecule has 1 aromatic heterocycles. The third-order valence-electron chi connectivity index (χ3n) is 5.57. The Hall–Kier alpha value is -1.50. The van der Waals surface area contributed by atoms with Gasteiger partial charge in [0.2, 0.25) is 11.8 Å². The maximum Gasteiger partial charge on any atom is 0.231 e. The minimum atomic E-state index is -0.416. The lowest BCUT2D eigenvalue weighted by Gasteiger charge is -2.51. The van der Waals surface area contributed by atoms with Crippen LogP contribution in [0.5, 0.6) is 0 Å². The fraction of sp³-hybridized carbons (Fsp3) is 0.765. The van der Waals surface area contributed by atoms with Gasteiger partial charge in [-0.1, -0.05) is 18.3 Å². The van der Waals surface area contributed by atoms with Gasteiger partial charge in [0.1, 0.15) is 10.0 Å². The first-order valence-corrected chi connectivity index (χ1v) is 9.67. The van der Waals surface area contributed by atoms with Crippen LogP contribution in [0.1, 0.15) is 56.0 Å². The second kappa shape index (κ2) is 6.78. The molecule has 0 N–H and O–H groups in total. The highest BCUT2D eigenvalue weighted by Crippen LogP contribution is 2.44. The highest BCUT2D eigenvalue weighted by Gasteiger charge is 2.51. The first-order chi connectivity index (χ1) is 11.5. The lowest BCUT2D eigenvalue weighted by atomic mass is 9.67. The Morgan fingerprint density at radius 1 is 1.29 bits per heavy atom. The molecule has 132 valence electrons. The molecule has 3 rings (SSSR count). The van der Waals surface area contributed by atoms with Gasteiger partial charge in [-0.25, -0.2) is 0 Å². The van der Waals surface area contributed by atoms with Crippen molar-refractivity contribution in [3.05, 3.63) is 10.0 Å². The maximum absolute atomic E-state index is 13.3. The summed E-state index contributed by atoms with van der Waals surface area (Å²) in [6.07, 6.45) is 4.16. The van der Waals surface area contributed by atoms with Crippen LogP contribution in [0.4, 0.5) is 0 Å². The average molecular weight is 350 g/mol. The van der Waals surface area contributed by atoms with Gasteiger partial charge < -0.3 is 9.80 Å². The Balaban J connectivity index is 1.81. The molecule has 0 aromatic carbocycles. The molecule has 3 heterocycles. The summed E-state index contributed by atoms with van der Waals surface area (Å²) in [5, 5.41) is 10.0. The Kier molecular flexibility index (Phi) is 4.90. The van der Waals surface area contributed by atoms with Crippen molar-refractivity contribution in [1.82, 2.24) is 20.0 Å². The zero-order valence-corrected chi connectivity index (χ0v) is 15.6. The summed E-state index contributed by atoms with van der Waals surface area (Å²) in [6.45, 7) is 7.97. The van der Waals surface area contributed by atoms with Crippen LogP contribution in [0.15, 0.2) is 0 Å². The molecule has 2 atom stereocenters. The molecule has 7 heteroatoms. The highest BCUT2D eigenvalue weighted by atomic mass is 32.1. The molecule has 24 heavy (non-hydrogen) atoms. The van der Waals surface area contributed by atoms with E-state index in [-0.39, 0.29) is 17.9 Å². The van der Waals surface area contributed by atoms with Crippen molar-refractivity contribution in [2.75, 3.05) is 13.1 Å². The number of rotatable bonds is 3. The molecule has 0 unspecified atom stereocenters. The number of likely N-dealkylation sites (tertiary alicyclic amines) is 2. The van der Waals surface area contributed by atoms with Crippen molar-refractivity contribution in [2.45, 2.75) is 65.5 Å². The lowest BCUT2D eigenvalue weighted by Crippen LogP contribution is -2.61. The predicted molar refractivity (Wildman–Crippen MR) is 92.4 cm³/mol. The molecular formula is C17H26N4O2S. The molecule has 0 saturated carbocycles. The van der Waals surface area contributed by atoms with Crippen LogP contribution >= 0.6 is 11.3 Å². The van der Waals surface area contributed by atoms with Gasteiger partial charge in [-0.15, -0.1) is 10.2 Å². The smallest absolute Gasteiger partial charge is 0.231 e. The van der Waals surface area contributed by atoms with Crippen LogP contribution in [0, 0.1) is 12.3 Å². The van der Waals surface area contributed by atoms with Crippen molar-refractivity contribution >= 4 is 23.2 Å². The van der Waals surface area contributed by atoms with Crippen LogP contribution in [0.2, 0.25) is 0 Å².